The van der Waals surface area contributed by atoms with Crippen LogP contribution in [0.2, 0.25) is 0 Å². The van der Waals surface area contributed by atoms with Gasteiger partial charge in [0.15, 0.2) is 0 Å². The number of aliphatic carboxylic acids is 1. The van der Waals surface area contributed by atoms with E-state index >= 15 is 0 Å². The molecule has 7 heavy (non-hydrogen) atoms. The first kappa shape index (κ1) is 10.0. The fourth-order valence-corrected chi connectivity index (χ4v) is 0. The van der Waals surface area contributed by atoms with Gasteiger partial charge in [-0.1, -0.05) is 0 Å². The van der Waals surface area contributed by atoms with Crippen molar-refractivity contribution in [2.75, 3.05) is 0 Å². The van der Waals surface area contributed by atoms with Crippen molar-refractivity contribution in [1.29, 1.82) is 0 Å². The molecule has 0 heterocycles. The van der Waals surface area contributed by atoms with Gasteiger partial charge in [0.2, 0.25) is 0 Å². The number of carboxylic acids is 1. The van der Waals surface area contributed by atoms with Crippen molar-refractivity contribution in [1.82, 2.24) is 0 Å². The molecule has 0 fully saturated rings. The molecule has 0 spiro atoms. The number of carbonyl (C=O) groups excluding carboxylic acids is 1. The molecule has 0 rings (SSSR count). The first-order valence-electron chi connectivity index (χ1n) is 1.53. The summed E-state index contributed by atoms with van der Waals surface area (Å²) in [4.78, 5) is 9.34. The van der Waals surface area contributed by atoms with Crippen LogP contribution in [0.25, 0.3) is 0 Å². The molecular weight excluding hydrogens is 139 g/mol. The predicted molar refractivity (Wildman–Crippen MR) is 16.7 cm³/mol. The first-order chi connectivity index (χ1) is 2.64. The zero-order valence-corrected chi connectivity index (χ0v) is 4.90. The zero-order valence-electron chi connectivity index (χ0n) is 3.72. The Balaban J connectivity index is 0. The van der Waals surface area contributed by atoms with Crippen molar-refractivity contribution >= 4 is 5.97 Å². The molecular formula is C3H5MnO3-. The van der Waals surface area contributed by atoms with Crippen molar-refractivity contribution < 1.29 is 32.1 Å². The Kier molecular flexibility index (Phi) is 5.91. The molecule has 43 valence electrons. The molecule has 0 aliphatic rings. The molecule has 0 aliphatic carbocycles. The van der Waals surface area contributed by atoms with Gasteiger partial charge in [-0.3, -0.25) is 0 Å². The van der Waals surface area contributed by atoms with Crippen LogP contribution in [0.5, 0.6) is 0 Å². The molecule has 1 N–H and O–H groups in total. The summed E-state index contributed by atoms with van der Waals surface area (Å²) in [6.45, 7) is 1.13. The van der Waals surface area contributed by atoms with Crippen molar-refractivity contribution in [3.05, 3.63) is 0 Å². The van der Waals surface area contributed by atoms with E-state index in [-0.39, 0.29) is 17.1 Å². The Morgan fingerprint density at radius 3 is 2.00 bits per heavy atom. The molecule has 0 aliphatic heterocycles. The van der Waals surface area contributed by atoms with E-state index in [1.807, 2.05) is 0 Å². The number of hydrogen-bond donors (Lipinski definition) is 1. The van der Waals surface area contributed by atoms with Gasteiger partial charge < -0.3 is 15.0 Å². The normalized spacial score (nSPS) is 11.7. The van der Waals surface area contributed by atoms with Gasteiger partial charge in [-0.2, -0.15) is 0 Å². The van der Waals surface area contributed by atoms with Gasteiger partial charge in [-0.05, 0) is 6.92 Å². The number of rotatable bonds is 1. The molecule has 1 radical (unpaired) electrons. The Bertz CT molecular complexity index is 61.2. The van der Waals surface area contributed by atoms with E-state index in [0.29, 0.717) is 0 Å². The zero-order chi connectivity index (χ0) is 5.15. The van der Waals surface area contributed by atoms with E-state index in [1.54, 1.807) is 0 Å². The van der Waals surface area contributed by atoms with Crippen LogP contribution < -0.4 is 5.11 Å². The molecule has 0 saturated carbocycles. The van der Waals surface area contributed by atoms with E-state index < -0.39 is 12.1 Å². The van der Waals surface area contributed by atoms with E-state index in [9.17, 15) is 9.90 Å². The van der Waals surface area contributed by atoms with E-state index in [0.717, 1.165) is 6.92 Å². The molecule has 0 aromatic rings. The van der Waals surface area contributed by atoms with Gasteiger partial charge in [0.25, 0.3) is 0 Å². The molecule has 1 atom stereocenters. The average molecular weight is 144 g/mol. The molecule has 0 aromatic carbocycles. The van der Waals surface area contributed by atoms with Gasteiger partial charge in [0.05, 0.1) is 12.1 Å². The van der Waals surface area contributed by atoms with Crippen LogP contribution >= 0.6 is 0 Å². The fourth-order valence-electron chi connectivity index (χ4n) is 0. The topological polar surface area (TPSA) is 60.4 Å². The van der Waals surface area contributed by atoms with Crippen molar-refractivity contribution in [3.63, 3.8) is 0 Å². The number of carboxylic acid groups (broad SMARTS) is 1. The quantitative estimate of drug-likeness (QED) is 0.438. The van der Waals surface area contributed by atoms with Crippen LogP contribution in [0.3, 0.4) is 0 Å². The van der Waals surface area contributed by atoms with Crippen LogP contribution in [0.15, 0.2) is 0 Å². The van der Waals surface area contributed by atoms with Gasteiger partial charge in [0.1, 0.15) is 0 Å². The third kappa shape index (κ3) is 5.95. The Hall–Kier alpha value is -0.0505. The summed E-state index contributed by atoms with van der Waals surface area (Å²) in [6.07, 6.45) is -1.34. The summed E-state index contributed by atoms with van der Waals surface area (Å²) < 4.78 is 0. The van der Waals surface area contributed by atoms with Gasteiger partial charge in [-0.25, -0.2) is 0 Å². The van der Waals surface area contributed by atoms with E-state index in [2.05, 4.69) is 0 Å². The average Bonchev–Trinajstić information content (AvgIpc) is 1.36. The fraction of sp³-hybridized carbons (Fsp3) is 0.667. The molecule has 0 saturated heterocycles. The van der Waals surface area contributed by atoms with Crippen LogP contribution in [0, 0.1) is 0 Å². The van der Waals surface area contributed by atoms with Crippen molar-refractivity contribution in [2.24, 2.45) is 0 Å². The van der Waals surface area contributed by atoms with Gasteiger partial charge in [-0.15, -0.1) is 0 Å². The van der Waals surface area contributed by atoms with Crippen LogP contribution in [-0.2, 0) is 21.9 Å². The molecule has 0 amide bonds. The van der Waals surface area contributed by atoms with Crippen molar-refractivity contribution in [2.45, 2.75) is 13.0 Å². The monoisotopic (exact) mass is 144 g/mol. The van der Waals surface area contributed by atoms with Gasteiger partial charge >= 0.3 is 0 Å². The summed E-state index contributed by atoms with van der Waals surface area (Å²) in [5.41, 5.74) is 0. The number of aliphatic hydroxyl groups excluding tert-OH is 1. The summed E-state index contributed by atoms with van der Waals surface area (Å²) in [6, 6.07) is 0. The molecule has 3 nitrogen and oxygen atoms in total. The van der Waals surface area contributed by atoms with Crippen LogP contribution in [-0.4, -0.2) is 17.2 Å². The minimum Gasteiger partial charge on any atom is -0.547 e. The second-order valence-corrected chi connectivity index (χ2v) is 0.995. The molecule has 4 heteroatoms. The second kappa shape index (κ2) is 4.12. The number of carbonyl (C=O) groups is 1. The summed E-state index contributed by atoms with van der Waals surface area (Å²) >= 11 is 0. The largest absolute Gasteiger partial charge is 0.547 e. The van der Waals surface area contributed by atoms with Crippen LogP contribution in [0.4, 0.5) is 0 Å². The maximum Gasteiger partial charge on any atom is 0.0905 e. The standard InChI is InChI=1S/C3H6O3.Mn/c1-2(4)3(5)6;/h2,4H,1H3,(H,5,6);/p-1. The minimum atomic E-state index is -1.44. The number of aliphatic hydroxyl groups is 1. The maximum absolute atomic E-state index is 9.34. The summed E-state index contributed by atoms with van der Waals surface area (Å²) in [7, 11) is 0. The second-order valence-electron chi connectivity index (χ2n) is 0.995. The molecule has 0 aromatic heterocycles. The smallest absolute Gasteiger partial charge is 0.0905 e. The molecule has 1 unspecified atom stereocenters. The number of hydrogen-bond acceptors (Lipinski definition) is 3. The SMILES string of the molecule is CC(O)C(=O)[O-].[Mn]. The summed E-state index contributed by atoms with van der Waals surface area (Å²) in [5.74, 6) is -1.44. The van der Waals surface area contributed by atoms with E-state index in [4.69, 9.17) is 5.11 Å². The third-order valence-corrected chi connectivity index (χ3v) is 0.341. The van der Waals surface area contributed by atoms with E-state index in [1.165, 1.54) is 0 Å². The maximum atomic E-state index is 9.34. The van der Waals surface area contributed by atoms with Crippen LogP contribution in [0.1, 0.15) is 6.92 Å². The Labute approximate surface area is 51.8 Å². The minimum absolute atomic E-state index is 0. The molecule has 0 bridgehead atoms. The summed E-state index contributed by atoms with van der Waals surface area (Å²) in [5, 5.41) is 17.3. The Morgan fingerprint density at radius 2 is 2.00 bits per heavy atom. The third-order valence-electron chi connectivity index (χ3n) is 0.341. The van der Waals surface area contributed by atoms with Gasteiger partial charge in [0, 0.05) is 17.1 Å². The first-order valence-corrected chi connectivity index (χ1v) is 1.53. The Morgan fingerprint density at radius 1 is 1.86 bits per heavy atom. The predicted octanol–water partition coefficient (Wildman–Crippen LogP) is -1.89. The van der Waals surface area contributed by atoms with Crippen molar-refractivity contribution in [3.8, 4) is 0 Å².